The van der Waals surface area contributed by atoms with Crippen LogP contribution in [0.5, 0.6) is 0 Å². The van der Waals surface area contributed by atoms with Crippen molar-refractivity contribution in [2.75, 3.05) is 0 Å². The van der Waals surface area contributed by atoms with Crippen LogP contribution in [0.4, 0.5) is 0 Å². The Morgan fingerprint density at radius 3 is 2.50 bits per heavy atom. The minimum absolute atomic E-state index is 0.522. The van der Waals surface area contributed by atoms with Gasteiger partial charge in [-0.3, -0.25) is 4.98 Å². The molecule has 0 saturated heterocycles. The molecule has 4 nitrogen and oxygen atoms in total. The van der Waals surface area contributed by atoms with E-state index in [0.717, 1.165) is 22.4 Å². The highest BCUT2D eigenvalue weighted by Gasteiger charge is 2.13. The summed E-state index contributed by atoms with van der Waals surface area (Å²) in [4.78, 5) is 4.47. The average molecular weight is 421 g/mol. The lowest BCUT2D eigenvalue weighted by Crippen LogP contribution is -2.10. The Labute approximate surface area is 188 Å². The highest BCUT2D eigenvalue weighted by Crippen LogP contribution is 2.33. The summed E-state index contributed by atoms with van der Waals surface area (Å²) in [7, 11) is 0. The Bertz CT molecular complexity index is 1370. The van der Waals surface area contributed by atoms with Crippen molar-refractivity contribution in [3.8, 4) is 0 Å². The number of aromatic nitrogens is 2. The Hall–Kier alpha value is -4.05. The van der Waals surface area contributed by atoms with Gasteiger partial charge in [0.2, 0.25) is 0 Å². The Kier molecular flexibility index (Phi) is 6.22. The van der Waals surface area contributed by atoms with Gasteiger partial charge in [0, 0.05) is 34.8 Å². The van der Waals surface area contributed by atoms with Gasteiger partial charge in [-0.2, -0.15) is 0 Å². The monoisotopic (exact) mass is 420 g/mol. The summed E-state index contributed by atoms with van der Waals surface area (Å²) in [5.74, 6) is 0. The second-order valence-electron chi connectivity index (χ2n) is 7.77. The van der Waals surface area contributed by atoms with Crippen molar-refractivity contribution >= 4 is 27.5 Å². The zero-order chi connectivity index (χ0) is 22.5. The Balaban J connectivity index is 1.94. The molecule has 0 saturated carbocycles. The van der Waals surface area contributed by atoms with Crippen LogP contribution < -0.4 is 11.5 Å². The van der Waals surface area contributed by atoms with Gasteiger partial charge >= 0.3 is 0 Å². The molecule has 0 unspecified atom stereocenters. The summed E-state index contributed by atoms with van der Waals surface area (Å²) < 4.78 is 2.25. The van der Waals surface area contributed by atoms with E-state index in [0.29, 0.717) is 17.8 Å². The third kappa shape index (κ3) is 4.35. The normalized spacial score (nSPS) is 13.5. The van der Waals surface area contributed by atoms with Crippen LogP contribution in [-0.4, -0.2) is 9.55 Å². The van der Waals surface area contributed by atoms with E-state index in [2.05, 4.69) is 65.0 Å². The van der Waals surface area contributed by atoms with Crippen LogP contribution in [-0.2, 0) is 6.42 Å². The molecule has 0 bridgehead atoms. The lowest BCUT2D eigenvalue weighted by molar-refractivity contribution is 1.09. The Morgan fingerprint density at radius 2 is 1.72 bits per heavy atom. The molecule has 0 aliphatic carbocycles. The fraction of sp³-hybridized carbons (Fsp3) is 0.107. The Morgan fingerprint density at radius 1 is 0.938 bits per heavy atom. The van der Waals surface area contributed by atoms with Crippen LogP contribution in [0.2, 0.25) is 0 Å². The molecule has 32 heavy (non-hydrogen) atoms. The molecule has 2 aromatic heterocycles. The summed E-state index contributed by atoms with van der Waals surface area (Å²) in [6.07, 6.45) is 12.2. The third-order valence-electron chi connectivity index (χ3n) is 5.44. The van der Waals surface area contributed by atoms with E-state index in [-0.39, 0.29) is 0 Å². The maximum absolute atomic E-state index is 6.41. The topological polar surface area (TPSA) is 69.9 Å². The predicted octanol–water partition coefficient (Wildman–Crippen LogP) is 5.84. The standard InChI is InChI=1S/C28H28N4/c1-3-4-11-25(29)26(30)19-22(15-14-21-9-7-8-17-31-21)32-27-12-6-5-10-23(27)24-18-20(2)13-16-28(24)32/h3-13,15-19H,14,29-30H2,1-2H3/b4-3-,22-15+,25-11-,26-19-. The predicted molar refractivity (Wildman–Crippen MR) is 136 cm³/mol. The van der Waals surface area contributed by atoms with Crippen molar-refractivity contribution in [1.29, 1.82) is 0 Å². The van der Waals surface area contributed by atoms with Gasteiger partial charge in [0.1, 0.15) is 0 Å². The van der Waals surface area contributed by atoms with E-state index in [1.54, 1.807) is 0 Å². The van der Waals surface area contributed by atoms with Crippen molar-refractivity contribution in [2.24, 2.45) is 11.5 Å². The van der Waals surface area contributed by atoms with Gasteiger partial charge in [-0.25, -0.2) is 0 Å². The quantitative estimate of drug-likeness (QED) is 0.385. The first-order valence-electron chi connectivity index (χ1n) is 10.7. The second kappa shape index (κ2) is 9.40. The molecule has 4 aromatic rings. The van der Waals surface area contributed by atoms with Crippen molar-refractivity contribution < 1.29 is 0 Å². The van der Waals surface area contributed by atoms with Gasteiger partial charge < -0.3 is 16.0 Å². The maximum atomic E-state index is 6.41. The van der Waals surface area contributed by atoms with E-state index < -0.39 is 0 Å². The van der Waals surface area contributed by atoms with Crippen LogP contribution in [0, 0.1) is 6.92 Å². The molecular formula is C28H28N4. The first-order chi connectivity index (χ1) is 15.6. The number of hydrogen-bond acceptors (Lipinski definition) is 3. The minimum atomic E-state index is 0.522. The molecule has 4 rings (SSSR count). The smallest absolute Gasteiger partial charge is 0.0568 e. The number of allylic oxidation sites excluding steroid dienone is 6. The highest BCUT2D eigenvalue weighted by molar-refractivity contribution is 6.10. The van der Waals surface area contributed by atoms with Gasteiger partial charge in [0.05, 0.1) is 22.4 Å². The molecule has 0 spiro atoms. The number of nitrogens with two attached hydrogens (primary N) is 2. The summed E-state index contributed by atoms with van der Waals surface area (Å²) in [5.41, 5.74) is 19.1. The van der Waals surface area contributed by atoms with Crippen LogP contribution in [0.1, 0.15) is 18.2 Å². The first-order valence-corrected chi connectivity index (χ1v) is 10.7. The number of aryl methyl sites for hydroxylation is 1. The molecule has 4 N–H and O–H groups in total. The van der Waals surface area contributed by atoms with Gasteiger partial charge in [-0.15, -0.1) is 0 Å². The summed E-state index contributed by atoms with van der Waals surface area (Å²) in [6.45, 7) is 4.07. The molecule has 0 amide bonds. The van der Waals surface area contributed by atoms with E-state index >= 15 is 0 Å². The average Bonchev–Trinajstić information content (AvgIpc) is 3.14. The maximum Gasteiger partial charge on any atom is 0.0568 e. The van der Waals surface area contributed by atoms with Crippen molar-refractivity contribution in [2.45, 2.75) is 20.3 Å². The van der Waals surface area contributed by atoms with E-state index in [9.17, 15) is 0 Å². The van der Waals surface area contributed by atoms with E-state index in [1.807, 2.05) is 55.6 Å². The number of fused-ring (bicyclic) bond motifs is 3. The summed E-state index contributed by atoms with van der Waals surface area (Å²) >= 11 is 0. The molecule has 0 aliphatic rings. The highest BCUT2D eigenvalue weighted by atomic mass is 15.0. The number of pyridine rings is 1. The summed E-state index contributed by atoms with van der Waals surface area (Å²) in [6, 6.07) is 20.9. The molecule has 0 fully saturated rings. The zero-order valence-corrected chi connectivity index (χ0v) is 18.5. The van der Waals surface area contributed by atoms with Crippen LogP contribution in [0.3, 0.4) is 0 Å². The van der Waals surface area contributed by atoms with Crippen LogP contribution >= 0.6 is 0 Å². The largest absolute Gasteiger partial charge is 0.397 e. The lowest BCUT2D eigenvalue weighted by atomic mass is 10.1. The molecule has 0 atom stereocenters. The van der Waals surface area contributed by atoms with Gasteiger partial charge in [0.25, 0.3) is 0 Å². The number of hydrogen-bond donors (Lipinski definition) is 2. The molecule has 2 heterocycles. The zero-order valence-electron chi connectivity index (χ0n) is 18.5. The van der Waals surface area contributed by atoms with Crippen molar-refractivity contribution in [3.05, 3.63) is 120 Å². The molecule has 4 heteroatoms. The van der Waals surface area contributed by atoms with E-state index in [4.69, 9.17) is 11.5 Å². The van der Waals surface area contributed by atoms with Gasteiger partial charge in [-0.1, -0.05) is 54.1 Å². The first kappa shape index (κ1) is 21.2. The summed E-state index contributed by atoms with van der Waals surface area (Å²) in [5, 5.41) is 2.42. The molecule has 2 aromatic carbocycles. The molecule has 0 aliphatic heterocycles. The number of nitrogens with zero attached hydrogens (tertiary/aromatic N) is 2. The lowest BCUT2D eigenvalue weighted by Gasteiger charge is -2.12. The van der Waals surface area contributed by atoms with E-state index in [1.165, 1.54) is 16.3 Å². The van der Waals surface area contributed by atoms with Crippen LogP contribution in [0.25, 0.3) is 27.5 Å². The van der Waals surface area contributed by atoms with Crippen LogP contribution in [0.15, 0.2) is 109 Å². The number of para-hydroxylation sites is 1. The molecule has 160 valence electrons. The fourth-order valence-corrected chi connectivity index (χ4v) is 3.85. The number of rotatable bonds is 6. The fourth-order valence-electron chi connectivity index (χ4n) is 3.85. The van der Waals surface area contributed by atoms with Gasteiger partial charge in [-0.05, 0) is 56.3 Å². The second-order valence-corrected chi connectivity index (χ2v) is 7.77. The molecular weight excluding hydrogens is 392 g/mol. The molecule has 0 radical (unpaired) electrons. The number of benzene rings is 2. The van der Waals surface area contributed by atoms with Gasteiger partial charge in [0.15, 0.2) is 0 Å². The SMILES string of the molecule is C\C=C/C=C(N)/C(N)=C/C(=C\Cc1ccccn1)n1c2ccccc2c2cc(C)ccc21. The van der Waals surface area contributed by atoms with Crippen molar-refractivity contribution in [3.63, 3.8) is 0 Å². The van der Waals surface area contributed by atoms with Crippen molar-refractivity contribution in [1.82, 2.24) is 9.55 Å². The minimum Gasteiger partial charge on any atom is -0.397 e. The third-order valence-corrected chi connectivity index (χ3v) is 5.44.